The average molecular weight is 225 g/mol. The first-order valence-corrected chi connectivity index (χ1v) is 3.28. The maximum atomic E-state index is 8.52. The molecule has 11 heavy (non-hydrogen) atoms. The van der Waals surface area contributed by atoms with Crippen LogP contribution >= 0.6 is 8.69 Å². The zero-order valence-corrected chi connectivity index (χ0v) is 11.7. The average Bonchev–Trinajstić information content (AvgIpc) is 1.27. The molecule has 0 aliphatic rings. The minimum absolute atomic E-state index is 0. The van der Waals surface area contributed by atoms with Gasteiger partial charge < -0.3 is 14.6 Å². The van der Waals surface area contributed by atoms with Crippen LogP contribution in [0.1, 0.15) is 0 Å². The summed E-state index contributed by atoms with van der Waals surface area (Å²) in [5.41, 5.74) is 0. The molecule has 3 N–H and O–H groups in total. The smallest absolute Gasteiger partial charge is 0.759 e. The second-order valence-electron chi connectivity index (χ2n) is 0.500. The Kier molecular flexibility index (Phi) is 47.5. The van der Waals surface area contributed by atoms with Gasteiger partial charge >= 0.3 is 67.8 Å². The third-order valence-corrected chi connectivity index (χ3v) is 0. The molecule has 0 aromatic heterocycles. The van der Waals surface area contributed by atoms with Crippen molar-refractivity contribution >= 4 is 19.1 Å². The molecule has 0 aromatic carbocycles. The van der Waals surface area contributed by atoms with Crippen LogP contribution in [-0.4, -0.2) is 27.9 Å². The fourth-order valence-corrected chi connectivity index (χ4v) is 0. The largest absolute Gasteiger partial charge is 1.00 e. The summed E-state index contributed by atoms with van der Waals surface area (Å²) in [7, 11) is -6.33. The Labute approximate surface area is 109 Å². The van der Waals surface area contributed by atoms with Crippen LogP contribution in [0.2, 0.25) is 0 Å². The van der Waals surface area contributed by atoms with Crippen LogP contribution in [0.3, 0.4) is 0 Å². The topological polar surface area (TPSA) is 149 Å². The maximum absolute atomic E-state index is 8.52. The molecule has 0 rings (SSSR count). The van der Waals surface area contributed by atoms with Gasteiger partial charge in [-0.05, 0) is 4.57 Å². The van der Waals surface area contributed by atoms with E-state index >= 15 is 0 Å². The van der Waals surface area contributed by atoms with Crippen molar-refractivity contribution in [3.8, 4) is 0 Å². The molecule has 1 unspecified atom stereocenters. The maximum Gasteiger partial charge on any atom is 1.00 e. The van der Waals surface area contributed by atoms with Crippen molar-refractivity contribution in [2.75, 3.05) is 0 Å². The third kappa shape index (κ3) is 326. The van der Waals surface area contributed by atoms with Gasteiger partial charge in [0.2, 0.25) is 0 Å². The predicted octanol–water partition coefficient (Wildman–Crippen LogP) is -8.24. The van der Waals surface area contributed by atoms with Crippen molar-refractivity contribution in [3.63, 3.8) is 0 Å². The second kappa shape index (κ2) is 17.8. The van der Waals surface area contributed by atoms with E-state index in [0.29, 0.717) is 0 Å². The first-order valence-electron chi connectivity index (χ1n) is 1.09. The summed E-state index contributed by atoms with van der Waals surface area (Å²) in [6.07, 6.45) is 0. The summed E-state index contributed by atoms with van der Waals surface area (Å²) in [6.45, 7) is 0. The summed E-state index contributed by atoms with van der Waals surface area (Å²) in [4.78, 5) is 7.04. The molecule has 0 aliphatic heterocycles. The van der Waals surface area contributed by atoms with Crippen molar-refractivity contribution in [1.82, 2.24) is 0 Å². The van der Waals surface area contributed by atoms with Crippen LogP contribution < -0.4 is 59.1 Å². The van der Waals surface area contributed by atoms with E-state index in [0.717, 1.165) is 0 Å². The zero-order valence-electron chi connectivity index (χ0n) is 5.90. The molecule has 0 fully saturated rings. The van der Waals surface area contributed by atoms with E-state index in [1.807, 2.05) is 0 Å². The molecule has 58 valence electrons. The molecule has 0 amide bonds. The molecule has 11 heteroatoms. The van der Waals surface area contributed by atoms with Gasteiger partial charge in [-0.15, -0.1) is 0 Å². The Morgan fingerprint density at radius 1 is 1.18 bits per heavy atom. The van der Waals surface area contributed by atoms with Crippen molar-refractivity contribution in [2.24, 2.45) is 0 Å². The van der Waals surface area contributed by atoms with Crippen molar-refractivity contribution < 1.29 is 91.6 Å². The van der Waals surface area contributed by atoms with E-state index in [4.69, 9.17) is 27.0 Å². The summed E-state index contributed by atoms with van der Waals surface area (Å²) >= 11 is 0. The molecule has 0 bridgehead atoms. The Hall–Kier alpha value is 1.89. The molecular weight excluding hydrogens is 221 g/mol. The van der Waals surface area contributed by atoms with E-state index in [9.17, 15) is 0 Å². The van der Waals surface area contributed by atoms with Gasteiger partial charge in [0.15, 0.2) is 0 Å². The van der Waals surface area contributed by atoms with Crippen molar-refractivity contribution in [3.05, 3.63) is 0 Å². The Balaban J connectivity index is -0.0000000183. The van der Waals surface area contributed by atoms with E-state index < -0.39 is 19.1 Å². The van der Waals surface area contributed by atoms with Gasteiger partial charge in [-0.2, -0.15) is 4.89 Å². The Morgan fingerprint density at radius 3 is 1.18 bits per heavy atom. The number of hydrogen-bond donors (Lipinski definition) is 1. The molecule has 0 spiro atoms. The van der Waals surface area contributed by atoms with Crippen LogP contribution in [0.4, 0.5) is 0 Å². The molecule has 1 atom stereocenters. The SMILES string of the molecule is O.O=S(=O)([O-])[O-].O=[PH+]O.[Na+].[Na+]. The van der Waals surface area contributed by atoms with Crippen LogP contribution in [0.25, 0.3) is 0 Å². The van der Waals surface area contributed by atoms with Crippen molar-refractivity contribution in [2.45, 2.75) is 0 Å². The van der Waals surface area contributed by atoms with Crippen LogP contribution in [-0.2, 0) is 15.0 Å². The third-order valence-electron chi connectivity index (χ3n) is 0. The first kappa shape index (κ1) is 29.3. The van der Waals surface area contributed by atoms with E-state index in [2.05, 4.69) is 0 Å². The molecule has 0 aromatic rings. The minimum Gasteiger partial charge on any atom is -0.759 e. The summed E-state index contributed by atoms with van der Waals surface area (Å²) < 4.78 is 42.6. The normalized spacial score (nSPS) is 7.18. The standard InChI is InChI=1S/2Na.H2O4S.HO2P.H2O/c;;1-5(2,3)4;1-3-2;/h;;(H2,1,2,3,4);3H;1H2/q2*+1;;;/p-1. The molecule has 0 aliphatic carbocycles. The number of rotatable bonds is 0. The summed E-state index contributed by atoms with van der Waals surface area (Å²) in [5, 5.41) is 0. The molecule has 0 saturated carbocycles. The van der Waals surface area contributed by atoms with Crippen LogP contribution in [0.5, 0.6) is 0 Å². The van der Waals surface area contributed by atoms with Gasteiger partial charge in [-0.1, -0.05) is 0 Å². The first-order chi connectivity index (χ1) is 3.41. The fourth-order valence-electron chi connectivity index (χ4n) is 0. The zero-order chi connectivity index (χ0) is 7.21. The second-order valence-corrected chi connectivity index (χ2v) is 1.50. The quantitative estimate of drug-likeness (QED) is 0.187. The monoisotopic (exact) mass is 225 g/mol. The van der Waals surface area contributed by atoms with E-state index in [1.165, 1.54) is 0 Å². The van der Waals surface area contributed by atoms with E-state index in [-0.39, 0.29) is 64.6 Å². The van der Waals surface area contributed by atoms with Crippen molar-refractivity contribution in [1.29, 1.82) is 0 Å². The Morgan fingerprint density at radius 2 is 1.18 bits per heavy atom. The van der Waals surface area contributed by atoms with Crippen LogP contribution in [0, 0.1) is 0 Å². The number of hydrogen-bond acceptors (Lipinski definition) is 5. The summed E-state index contributed by atoms with van der Waals surface area (Å²) in [5.74, 6) is 0. The molecular formula is H4Na2O7PS+. The van der Waals surface area contributed by atoms with Crippen LogP contribution in [0.15, 0.2) is 0 Å². The minimum atomic E-state index is -5.17. The van der Waals surface area contributed by atoms with Gasteiger partial charge in [0.05, 0.1) is 0 Å². The molecule has 0 heterocycles. The molecule has 0 radical (unpaired) electrons. The fraction of sp³-hybridized carbons (Fsp3) is 0. The van der Waals surface area contributed by atoms with Gasteiger partial charge in [0, 0.05) is 10.4 Å². The Bertz CT molecular complexity index is 131. The van der Waals surface area contributed by atoms with Gasteiger partial charge in [0.1, 0.15) is 0 Å². The molecule has 0 saturated heterocycles. The summed E-state index contributed by atoms with van der Waals surface area (Å²) in [6, 6.07) is 0. The predicted molar refractivity (Wildman–Crippen MR) is 25.3 cm³/mol. The molecule has 7 nitrogen and oxygen atoms in total. The van der Waals surface area contributed by atoms with Gasteiger partial charge in [-0.25, -0.2) is 0 Å². The van der Waals surface area contributed by atoms with Gasteiger partial charge in [-0.3, -0.25) is 8.42 Å². The van der Waals surface area contributed by atoms with E-state index in [1.54, 1.807) is 0 Å². The van der Waals surface area contributed by atoms with Gasteiger partial charge in [0.25, 0.3) is 0 Å².